The van der Waals surface area contributed by atoms with E-state index in [0.717, 1.165) is 30.2 Å². The van der Waals surface area contributed by atoms with Crippen molar-refractivity contribution in [3.05, 3.63) is 66.1 Å². The highest BCUT2D eigenvalue weighted by atomic mass is 19.1. The number of fused-ring (bicyclic) bond motifs is 1. The number of aromatic nitrogens is 5. The van der Waals surface area contributed by atoms with Gasteiger partial charge in [-0.25, -0.2) is 24.3 Å². The van der Waals surface area contributed by atoms with Crippen LogP contribution in [0.15, 0.2) is 49.2 Å². The molecule has 9 nitrogen and oxygen atoms in total. The Labute approximate surface area is 201 Å². The number of ether oxygens (including phenoxy) is 1. The minimum absolute atomic E-state index is 0.000856. The van der Waals surface area contributed by atoms with Crippen LogP contribution in [-0.4, -0.2) is 50.5 Å². The van der Waals surface area contributed by atoms with E-state index in [-0.39, 0.29) is 11.7 Å². The molecule has 1 aliphatic rings. The van der Waals surface area contributed by atoms with E-state index in [4.69, 9.17) is 4.74 Å². The van der Waals surface area contributed by atoms with E-state index >= 15 is 0 Å². The normalized spacial score (nSPS) is 13.3. The summed E-state index contributed by atoms with van der Waals surface area (Å²) in [5, 5.41) is 6.25. The van der Waals surface area contributed by atoms with Crippen molar-refractivity contribution >= 4 is 22.6 Å². The molecule has 0 aliphatic heterocycles. The average Bonchev–Trinajstić information content (AvgIpc) is 2.86. The number of hydrogen-bond acceptors (Lipinski definition) is 8. The lowest BCUT2D eigenvalue weighted by Crippen LogP contribution is -2.25. The Morgan fingerprint density at radius 3 is 2.69 bits per heavy atom. The zero-order valence-corrected chi connectivity index (χ0v) is 19.2. The van der Waals surface area contributed by atoms with Gasteiger partial charge in [0.05, 0.1) is 23.0 Å². The Morgan fingerprint density at radius 2 is 1.94 bits per heavy atom. The van der Waals surface area contributed by atoms with E-state index in [2.05, 4.69) is 35.6 Å². The molecule has 3 heterocycles. The van der Waals surface area contributed by atoms with Crippen LogP contribution >= 0.6 is 0 Å². The Morgan fingerprint density at radius 1 is 1.11 bits per heavy atom. The van der Waals surface area contributed by atoms with Crippen molar-refractivity contribution in [2.45, 2.75) is 31.8 Å². The summed E-state index contributed by atoms with van der Waals surface area (Å²) >= 11 is 0. The lowest BCUT2D eigenvalue weighted by molar-refractivity contribution is 0.0960. The summed E-state index contributed by atoms with van der Waals surface area (Å²) in [5.41, 5.74) is 2.94. The number of nitrogens with zero attached hydrogens (tertiary/aromatic N) is 5. The number of hydrogen-bond donors (Lipinski definition) is 2. The zero-order chi connectivity index (χ0) is 24.2. The van der Waals surface area contributed by atoms with Crippen LogP contribution in [0.5, 0.6) is 6.01 Å². The summed E-state index contributed by atoms with van der Waals surface area (Å²) in [7, 11) is 1.47. The van der Waals surface area contributed by atoms with E-state index in [1.54, 1.807) is 24.5 Å². The number of halogens is 1. The van der Waals surface area contributed by atoms with Gasteiger partial charge in [-0.05, 0) is 31.2 Å². The first-order chi connectivity index (χ1) is 17.1. The summed E-state index contributed by atoms with van der Waals surface area (Å²) in [6.07, 6.45) is 10.1. The van der Waals surface area contributed by atoms with Crippen molar-refractivity contribution in [2.75, 3.05) is 18.9 Å². The Kier molecular flexibility index (Phi) is 6.42. The number of carbonyl (C=O) groups is 1. The molecule has 0 radical (unpaired) electrons. The van der Waals surface area contributed by atoms with Gasteiger partial charge in [0.2, 0.25) is 0 Å². The largest absolute Gasteiger partial charge is 0.460 e. The maximum atomic E-state index is 14.3. The second kappa shape index (κ2) is 9.96. The van der Waals surface area contributed by atoms with E-state index in [9.17, 15) is 9.18 Å². The molecule has 1 amide bonds. The summed E-state index contributed by atoms with van der Waals surface area (Å²) in [6, 6.07) is 7.62. The maximum Gasteiger partial charge on any atom is 0.316 e. The molecular weight excluding hydrogens is 449 g/mol. The lowest BCUT2D eigenvalue weighted by Gasteiger charge is -2.24. The van der Waals surface area contributed by atoms with E-state index < -0.39 is 11.7 Å². The van der Waals surface area contributed by atoms with Gasteiger partial charge in [0.15, 0.2) is 5.82 Å². The van der Waals surface area contributed by atoms with Crippen molar-refractivity contribution in [1.29, 1.82) is 0 Å². The highest BCUT2D eigenvalue weighted by Crippen LogP contribution is 2.25. The summed E-state index contributed by atoms with van der Waals surface area (Å²) < 4.78 is 20.0. The second-order valence-electron chi connectivity index (χ2n) is 8.26. The van der Waals surface area contributed by atoms with Crippen molar-refractivity contribution < 1.29 is 13.9 Å². The summed E-state index contributed by atoms with van der Waals surface area (Å²) in [5.74, 6) is -0.479. The molecule has 0 unspecified atom stereocenters. The predicted octanol–water partition coefficient (Wildman–Crippen LogP) is 3.57. The standard InChI is InChI=1S/C25H24FN7O2/c1-27-24(34)22-18-7-2-4-15(23(18)29-13-19(22)26)8-9-28-21-10-20(32-14-33-21)16-11-30-25(31-12-16)35-17-5-3-6-17/h2,4,7,10-14,17H,3,5-6,8-9H2,1H3,(H,27,34)(H,28,32,33). The molecule has 1 aliphatic carbocycles. The molecule has 0 saturated heterocycles. The van der Waals surface area contributed by atoms with E-state index in [1.165, 1.54) is 19.8 Å². The highest BCUT2D eigenvalue weighted by Gasteiger charge is 2.20. The van der Waals surface area contributed by atoms with Gasteiger partial charge in [-0.1, -0.05) is 18.2 Å². The molecule has 1 aromatic carbocycles. The Hall–Kier alpha value is -4.21. The smallest absolute Gasteiger partial charge is 0.316 e. The minimum Gasteiger partial charge on any atom is -0.460 e. The van der Waals surface area contributed by atoms with Gasteiger partial charge in [0.25, 0.3) is 5.91 Å². The first-order valence-electron chi connectivity index (χ1n) is 11.5. The fraction of sp³-hybridized carbons (Fsp3) is 0.280. The first-order valence-corrected chi connectivity index (χ1v) is 11.5. The monoisotopic (exact) mass is 473 g/mol. The number of nitrogens with one attached hydrogen (secondary N) is 2. The molecule has 4 aromatic rings. The van der Waals surface area contributed by atoms with Gasteiger partial charge in [-0.3, -0.25) is 9.78 Å². The van der Waals surface area contributed by atoms with Gasteiger partial charge < -0.3 is 15.4 Å². The average molecular weight is 474 g/mol. The Bertz CT molecular complexity index is 1360. The molecule has 0 spiro atoms. The third-order valence-corrected chi connectivity index (χ3v) is 6.00. The molecular formula is C25H24FN7O2. The van der Waals surface area contributed by atoms with E-state index in [0.29, 0.717) is 41.4 Å². The topological polar surface area (TPSA) is 115 Å². The highest BCUT2D eigenvalue weighted by molar-refractivity contribution is 6.06. The van der Waals surface area contributed by atoms with Crippen molar-refractivity contribution in [3.8, 4) is 17.3 Å². The predicted molar refractivity (Wildman–Crippen MR) is 129 cm³/mol. The second-order valence-corrected chi connectivity index (χ2v) is 8.26. The molecule has 178 valence electrons. The molecule has 1 saturated carbocycles. The number of carbonyl (C=O) groups excluding carboxylic acids is 1. The molecule has 2 N–H and O–H groups in total. The van der Waals surface area contributed by atoms with Gasteiger partial charge >= 0.3 is 6.01 Å². The van der Waals surface area contributed by atoms with Gasteiger partial charge in [-0.2, -0.15) is 0 Å². The molecule has 0 atom stereocenters. The molecule has 1 fully saturated rings. The number of para-hydroxylation sites is 1. The number of pyridine rings is 1. The van der Waals surface area contributed by atoms with Crippen LogP contribution in [0.2, 0.25) is 0 Å². The molecule has 35 heavy (non-hydrogen) atoms. The number of anilines is 1. The third-order valence-electron chi connectivity index (χ3n) is 6.00. The maximum absolute atomic E-state index is 14.3. The van der Waals surface area contributed by atoms with Gasteiger partial charge in [0, 0.05) is 43.0 Å². The fourth-order valence-electron chi connectivity index (χ4n) is 3.90. The van der Waals surface area contributed by atoms with Crippen LogP contribution in [0.3, 0.4) is 0 Å². The number of amides is 1. The van der Waals surface area contributed by atoms with Crippen LogP contribution in [0.4, 0.5) is 10.2 Å². The lowest BCUT2D eigenvalue weighted by atomic mass is 9.96. The summed E-state index contributed by atoms with van der Waals surface area (Å²) in [4.78, 5) is 33.6. The van der Waals surface area contributed by atoms with Crippen LogP contribution in [0, 0.1) is 5.82 Å². The third kappa shape index (κ3) is 4.86. The Balaban J connectivity index is 1.27. The van der Waals surface area contributed by atoms with Crippen LogP contribution < -0.4 is 15.4 Å². The molecule has 10 heteroatoms. The fourth-order valence-corrected chi connectivity index (χ4v) is 3.90. The number of rotatable bonds is 8. The van der Waals surface area contributed by atoms with Gasteiger partial charge in [-0.15, -0.1) is 0 Å². The van der Waals surface area contributed by atoms with Crippen LogP contribution in [0.25, 0.3) is 22.2 Å². The van der Waals surface area contributed by atoms with E-state index in [1.807, 2.05) is 12.1 Å². The van der Waals surface area contributed by atoms with Gasteiger partial charge in [0.1, 0.15) is 18.2 Å². The van der Waals surface area contributed by atoms with Crippen molar-refractivity contribution in [1.82, 2.24) is 30.2 Å². The number of benzene rings is 1. The van der Waals surface area contributed by atoms with Crippen LogP contribution in [0.1, 0.15) is 35.2 Å². The quantitative estimate of drug-likeness (QED) is 0.399. The summed E-state index contributed by atoms with van der Waals surface area (Å²) in [6.45, 7) is 0.550. The van der Waals surface area contributed by atoms with Crippen LogP contribution in [-0.2, 0) is 6.42 Å². The molecule has 3 aromatic heterocycles. The van der Waals surface area contributed by atoms with Crippen molar-refractivity contribution in [2.24, 2.45) is 0 Å². The minimum atomic E-state index is -0.646. The first kappa shape index (κ1) is 22.6. The zero-order valence-electron chi connectivity index (χ0n) is 19.2. The molecule has 0 bridgehead atoms. The SMILES string of the molecule is CNC(=O)c1c(F)cnc2c(CCNc3cc(-c4cnc(OC5CCC5)nc4)ncn3)cccc12. The van der Waals surface area contributed by atoms with Crippen molar-refractivity contribution in [3.63, 3.8) is 0 Å². The molecule has 5 rings (SSSR count).